The first-order valence-electron chi connectivity index (χ1n) is 12.2. The van der Waals surface area contributed by atoms with Crippen LogP contribution in [0.25, 0.3) is 0 Å². The smallest absolute Gasteiger partial charge is 0.408 e. The molecule has 2 aromatic carbocycles. The van der Waals surface area contributed by atoms with Gasteiger partial charge in [0.25, 0.3) is 0 Å². The van der Waals surface area contributed by atoms with Gasteiger partial charge in [-0.1, -0.05) is 74.5 Å². The highest BCUT2D eigenvalue weighted by Crippen LogP contribution is 2.12. The van der Waals surface area contributed by atoms with Crippen LogP contribution < -0.4 is 5.32 Å². The van der Waals surface area contributed by atoms with Gasteiger partial charge in [0.2, 0.25) is 0 Å². The Morgan fingerprint density at radius 1 is 0.861 bits per heavy atom. The van der Waals surface area contributed by atoms with Gasteiger partial charge in [0.15, 0.2) is 0 Å². The van der Waals surface area contributed by atoms with Crippen LogP contribution in [0.2, 0.25) is 0 Å². The Balaban J connectivity index is 1.94. The molecule has 1 unspecified atom stereocenters. The SMILES string of the molecule is CC(C)C[C@H](NC(=O)OCc1ccccc1)C(=O)OC(=O)CC(C[N+](C)(C)C)OCc1ccccc1. The van der Waals surface area contributed by atoms with Crippen LogP contribution in [0, 0.1) is 5.92 Å². The summed E-state index contributed by atoms with van der Waals surface area (Å²) in [6.07, 6.45) is -0.971. The maximum absolute atomic E-state index is 12.8. The van der Waals surface area contributed by atoms with E-state index in [4.69, 9.17) is 14.2 Å². The van der Waals surface area contributed by atoms with Crippen molar-refractivity contribution in [3.8, 4) is 0 Å². The molecule has 8 nitrogen and oxygen atoms in total. The van der Waals surface area contributed by atoms with Crippen molar-refractivity contribution in [2.45, 2.75) is 52.0 Å². The van der Waals surface area contributed by atoms with E-state index in [2.05, 4.69) is 5.32 Å². The standard InChI is InChI=1S/C28H38N2O6/c1-21(2)16-25(29-28(33)35-20-23-14-10-7-11-15-23)27(32)36-26(31)17-24(18-30(3,4)5)34-19-22-12-8-6-9-13-22/h6-15,21,24-25H,16-20H2,1-5H3/p+1/t24?,25-/m0/s1. The van der Waals surface area contributed by atoms with Gasteiger partial charge in [-0.2, -0.15) is 0 Å². The lowest BCUT2D eigenvalue weighted by molar-refractivity contribution is -0.873. The zero-order valence-electron chi connectivity index (χ0n) is 21.9. The predicted molar refractivity (Wildman–Crippen MR) is 137 cm³/mol. The number of quaternary nitrogens is 1. The molecule has 196 valence electrons. The number of esters is 2. The van der Waals surface area contributed by atoms with E-state index in [9.17, 15) is 14.4 Å². The first-order chi connectivity index (χ1) is 17.0. The molecule has 0 aliphatic carbocycles. The van der Waals surface area contributed by atoms with Gasteiger partial charge >= 0.3 is 18.0 Å². The minimum absolute atomic E-state index is 0.0700. The molecule has 0 saturated carbocycles. The summed E-state index contributed by atoms with van der Waals surface area (Å²) in [4.78, 5) is 37.8. The Kier molecular flexibility index (Phi) is 11.6. The fraction of sp³-hybridized carbons (Fsp3) is 0.464. The Morgan fingerprint density at radius 3 is 1.94 bits per heavy atom. The summed E-state index contributed by atoms with van der Waals surface area (Å²) < 4.78 is 16.9. The zero-order valence-corrected chi connectivity index (χ0v) is 21.9. The van der Waals surface area contributed by atoms with E-state index in [0.29, 0.717) is 24.1 Å². The highest BCUT2D eigenvalue weighted by atomic mass is 16.6. The van der Waals surface area contributed by atoms with Crippen LogP contribution in [-0.2, 0) is 37.0 Å². The van der Waals surface area contributed by atoms with E-state index in [1.54, 1.807) is 0 Å². The van der Waals surface area contributed by atoms with Gasteiger partial charge in [0.1, 0.15) is 25.3 Å². The number of amides is 1. The molecule has 1 N–H and O–H groups in total. The topological polar surface area (TPSA) is 90.9 Å². The minimum atomic E-state index is -1.00. The summed E-state index contributed by atoms with van der Waals surface area (Å²) in [5.41, 5.74) is 1.81. The number of nitrogens with one attached hydrogen (secondary N) is 1. The van der Waals surface area contributed by atoms with Gasteiger partial charge in [0, 0.05) is 0 Å². The first kappa shape index (κ1) is 29.0. The largest absolute Gasteiger partial charge is 0.445 e. The van der Waals surface area contributed by atoms with Crippen LogP contribution >= 0.6 is 0 Å². The summed E-state index contributed by atoms with van der Waals surface area (Å²) in [7, 11) is 6.00. The Labute approximate surface area is 214 Å². The molecule has 0 bridgehead atoms. The number of hydrogen-bond donors (Lipinski definition) is 1. The summed E-state index contributed by atoms with van der Waals surface area (Å²) in [6, 6.07) is 17.9. The van der Waals surface area contributed by atoms with Crippen LogP contribution in [0.5, 0.6) is 0 Å². The molecule has 0 radical (unpaired) electrons. The molecular weight excluding hydrogens is 460 g/mol. The number of ether oxygens (including phenoxy) is 3. The minimum Gasteiger partial charge on any atom is -0.445 e. The average Bonchev–Trinajstić information content (AvgIpc) is 2.81. The lowest BCUT2D eigenvalue weighted by Crippen LogP contribution is -2.45. The molecule has 1 amide bonds. The molecule has 0 aliphatic heterocycles. The summed E-state index contributed by atoms with van der Waals surface area (Å²) in [5.74, 6) is -1.43. The van der Waals surface area contributed by atoms with Crippen molar-refractivity contribution in [1.29, 1.82) is 0 Å². The molecule has 36 heavy (non-hydrogen) atoms. The van der Waals surface area contributed by atoms with Crippen molar-refractivity contribution in [3.63, 3.8) is 0 Å². The van der Waals surface area contributed by atoms with Crippen molar-refractivity contribution < 1.29 is 33.1 Å². The number of likely N-dealkylation sites (N-methyl/N-ethyl adjacent to an activating group) is 1. The zero-order chi connectivity index (χ0) is 26.6. The molecule has 0 aromatic heterocycles. The molecular formula is C28H39N2O6+. The average molecular weight is 500 g/mol. The van der Waals surface area contributed by atoms with Gasteiger partial charge in [0.05, 0.1) is 34.2 Å². The number of hydrogen-bond acceptors (Lipinski definition) is 6. The molecule has 2 aromatic rings. The molecule has 0 heterocycles. The Bertz CT molecular complexity index is 957. The van der Waals surface area contributed by atoms with E-state index >= 15 is 0 Å². The summed E-state index contributed by atoms with van der Waals surface area (Å²) in [5, 5.41) is 2.54. The van der Waals surface area contributed by atoms with Crippen LogP contribution in [0.1, 0.15) is 37.8 Å². The van der Waals surface area contributed by atoms with Crippen molar-refractivity contribution in [2.24, 2.45) is 5.92 Å². The molecule has 2 atom stereocenters. The normalized spacial score (nSPS) is 13.1. The molecule has 0 fully saturated rings. The molecule has 2 rings (SSSR count). The monoisotopic (exact) mass is 499 g/mol. The number of rotatable bonds is 13. The number of nitrogens with zero attached hydrogens (tertiary/aromatic N) is 1. The molecule has 8 heteroatoms. The second-order valence-corrected chi connectivity index (χ2v) is 10.3. The van der Waals surface area contributed by atoms with Crippen LogP contribution in [-0.4, -0.2) is 62.3 Å². The van der Waals surface area contributed by atoms with Gasteiger partial charge in [-0.05, 0) is 23.5 Å². The first-order valence-corrected chi connectivity index (χ1v) is 12.2. The number of alkyl carbamates (subject to hydrolysis) is 1. The van der Waals surface area contributed by atoms with Crippen LogP contribution in [0.4, 0.5) is 4.79 Å². The second-order valence-electron chi connectivity index (χ2n) is 10.3. The number of carbonyl (C=O) groups excluding carboxylic acids is 3. The highest BCUT2D eigenvalue weighted by Gasteiger charge is 2.29. The van der Waals surface area contributed by atoms with Crippen molar-refractivity contribution in [2.75, 3.05) is 27.7 Å². The Hall–Kier alpha value is -3.23. The predicted octanol–water partition coefficient (Wildman–Crippen LogP) is 4.08. The van der Waals surface area contributed by atoms with E-state index in [0.717, 1.165) is 11.1 Å². The Morgan fingerprint density at radius 2 is 1.42 bits per heavy atom. The number of carbonyl (C=O) groups is 3. The third kappa shape index (κ3) is 12.0. The summed E-state index contributed by atoms with van der Waals surface area (Å²) in [6.45, 7) is 4.79. The lowest BCUT2D eigenvalue weighted by Gasteiger charge is -2.29. The van der Waals surface area contributed by atoms with Crippen molar-refractivity contribution in [3.05, 3.63) is 71.8 Å². The third-order valence-corrected chi connectivity index (χ3v) is 5.19. The third-order valence-electron chi connectivity index (χ3n) is 5.19. The van der Waals surface area contributed by atoms with E-state index in [1.165, 1.54) is 0 Å². The maximum atomic E-state index is 12.8. The second kappa shape index (κ2) is 14.4. The van der Waals surface area contributed by atoms with Crippen LogP contribution in [0.3, 0.4) is 0 Å². The van der Waals surface area contributed by atoms with Crippen LogP contribution in [0.15, 0.2) is 60.7 Å². The van der Waals surface area contributed by atoms with E-state index in [-0.39, 0.29) is 18.9 Å². The van der Waals surface area contributed by atoms with Gasteiger partial charge in [-0.15, -0.1) is 0 Å². The van der Waals surface area contributed by atoms with Crippen molar-refractivity contribution in [1.82, 2.24) is 5.32 Å². The van der Waals surface area contributed by atoms with E-state index < -0.39 is 30.2 Å². The quantitative estimate of drug-likeness (QED) is 0.254. The fourth-order valence-corrected chi connectivity index (χ4v) is 3.58. The number of benzene rings is 2. The van der Waals surface area contributed by atoms with Gasteiger partial charge in [-0.25, -0.2) is 9.59 Å². The highest BCUT2D eigenvalue weighted by molar-refractivity contribution is 5.90. The van der Waals surface area contributed by atoms with Gasteiger partial charge < -0.3 is 24.0 Å². The fourth-order valence-electron chi connectivity index (χ4n) is 3.58. The molecule has 0 aliphatic rings. The summed E-state index contributed by atoms with van der Waals surface area (Å²) >= 11 is 0. The lowest BCUT2D eigenvalue weighted by atomic mass is 10.0. The molecule has 0 saturated heterocycles. The van der Waals surface area contributed by atoms with Gasteiger partial charge in [-0.3, -0.25) is 4.79 Å². The maximum Gasteiger partial charge on any atom is 0.408 e. The molecule has 0 spiro atoms. The van der Waals surface area contributed by atoms with E-state index in [1.807, 2.05) is 95.7 Å². The van der Waals surface area contributed by atoms with Crippen molar-refractivity contribution >= 4 is 18.0 Å².